The molecule has 3 aromatic heterocycles. The molecule has 20 heavy (non-hydrogen) atoms. The number of nitrogens with two attached hydrogens (primary N) is 1. The molecule has 0 saturated heterocycles. The van der Waals surface area contributed by atoms with Crippen LogP contribution in [0, 0.1) is 0 Å². The van der Waals surface area contributed by atoms with Crippen molar-refractivity contribution in [2.45, 2.75) is 29.3 Å². The van der Waals surface area contributed by atoms with Crippen molar-refractivity contribution in [2.24, 2.45) is 5.73 Å². The first-order chi connectivity index (χ1) is 9.78. The maximum atomic E-state index is 5.95. The van der Waals surface area contributed by atoms with E-state index in [0.29, 0.717) is 5.65 Å². The van der Waals surface area contributed by atoms with Crippen LogP contribution in [0.1, 0.15) is 25.1 Å². The summed E-state index contributed by atoms with van der Waals surface area (Å²) in [5.41, 5.74) is 8.37. The highest BCUT2D eigenvalue weighted by atomic mass is 32.2. The van der Waals surface area contributed by atoms with E-state index in [9.17, 15) is 0 Å². The maximum absolute atomic E-state index is 5.95. The lowest BCUT2D eigenvalue weighted by Crippen LogP contribution is -2.10. The van der Waals surface area contributed by atoms with Crippen LogP contribution in [0.4, 0.5) is 0 Å². The third kappa shape index (κ3) is 2.50. The molecule has 1 atom stereocenters. The standard InChI is InChI=1S/C13H14N6S/c1-2-9(14)10-4-3-8(5-15-10)20-13-11-12(17-6-16-11)18-7-19-13/h3-7,9H,2,14H2,1H3,(H,16,17,18,19)/t9-/m0/s1. The van der Waals surface area contributed by atoms with Crippen molar-refractivity contribution in [3.63, 3.8) is 0 Å². The Morgan fingerprint density at radius 3 is 2.90 bits per heavy atom. The zero-order valence-electron chi connectivity index (χ0n) is 10.9. The average molecular weight is 286 g/mol. The summed E-state index contributed by atoms with van der Waals surface area (Å²) >= 11 is 1.52. The molecule has 3 aromatic rings. The molecule has 3 heterocycles. The van der Waals surface area contributed by atoms with Gasteiger partial charge in [-0.3, -0.25) is 4.98 Å². The molecular formula is C13H14N6S. The van der Waals surface area contributed by atoms with Crippen LogP contribution < -0.4 is 5.73 Å². The fourth-order valence-electron chi connectivity index (χ4n) is 1.81. The molecule has 0 spiro atoms. The Morgan fingerprint density at radius 2 is 2.15 bits per heavy atom. The van der Waals surface area contributed by atoms with Gasteiger partial charge in [-0.1, -0.05) is 18.7 Å². The van der Waals surface area contributed by atoms with E-state index in [1.54, 1.807) is 6.33 Å². The molecule has 0 bridgehead atoms. The normalized spacial score (nSPS) is 12.7. The first-order valence-corrected chi connectivity index (χ1v) is 7.13. The number of imidazole rings is 1. The second-order valence-electron chi connectivity index (χ2n) is 4.32. The molecule has 0 saturated carbocycles. The van der Waals surface area contributed by atoms with E-state index in [-0.39, 0.29) is 6.04 Å². The predicted octanol–water partition coefficient (Wildman–Crippen LogP) is 2.31. The Bertz CT molecular complexity index is 708. The summed E-state index contributed by atoms with van der Waals surface area (Å²) in [6.07, 6.45) is 5.82. The van der Waals surface area contributed by atoms with Crippen molar-refractivity contribution < 1.29 is 0 Å². The molecule has 7 heteroatoms. The molecule has 0 aliphatic carbocycles. The number of aromatic amines is 1. The van der Waals surface area contributed by atoms with Gasteiger partial charge in [0, 0.05) is 17.1 Å². The third-order valence-electron chi connectivity index (χ3n) is 2.98. The van der Waals surface area contributed by atoms with E-state index in [4.69, 9.17) is 5.73 Å². The number of fused-ring (bicyclic) bond motifs is 1. The first kappa shape index (κ1) is 13.0. The lowest BCUT2D eigenvalue weighted by Gasteiger charge is -2.08. The number of H-pyrrole nitrogens is 1. The Morgan fingerprint density at radius 1 is 1.25 bits per heavy atom. The fraction of sp³-hybridized carbons (Fsp3) is 0.231. The van der Waals surface area contributed by atoms with E-state index < -0.39 is 0 Å². The van der Waals surface area contributed by atoms with Crippen LogP contribution in [0.3, 0.4) is 0 Å². The highest BCUT2D eigenvalue weighted by molar-refractivity contribution is 7.99. The number of pyridine rings is 1. The minimum Gasteiger partial charge on any atom is -0.341 e. The van der Waals surface area contributed by atoms with E-state index in [0.717, 1.165) is 27.6 Å². The summed E-state index contributed by atoms with van der Waals surface area (Å²) in [4.78, 5) is 20.9. The second-order valence-corrected chi connectivity index (χ2v) is 5.38. The topological polar surface area (TPSA) is 93.4 Å². The Kier molecular flexibility index (Phi) is 3.62. The lowest BCUT2D eigenvalue weighted by atomic mass is 10.1. The van der Waals surface area contributed by atoms with Gasteiger partial charge >= 0.3 is 0 Å². The summed E-state index contributed by atoms with van der Waals surface area (Å²) in [5, 5.41) is 0.835. The molecule has 0 amide bonds. The molecule has 3 N–H and O–H groups in total. The van der Waals surface area contributed by atoms with Crippen molar-refractivity contribution in [1.29, 1.82) is 0 Å². The number of hydrogen-bond acceptors (Lipinski definition) is 6. The van der Waals surface area contributed by atoms with Crippen molar-refractivity contribution in [1.82, 2.24) is 24.9 Å². The Hall–Kier alpha value is -1.99. The number of rotatable bonds is 4. The maximum Gasteiger partial charge on any atom is 0.181 e. The number of aromatic nitrogens is 5. The molecule has 0 radical (unpaired) electrons. The molecule has 0 unspecified atom stereocenters. The molecule has 0 aliphatic rings. The first-order valence-electron chi connectivity index (χ1n) is 6.31. The summed E-state index contributed by atoms with van der Waals surface area (Å²) in [6.45, 7) is 2.05. The minimum absolute atomic E-state index is 0.00702. The SMILES string of the molecule is CC[C@H](N)c1ccc(Sc2ncnc3nc[nH]c23)cn1. The van der Waals surface area contributed by atoms with Crippen LogP contribution in [0.5, 0.6) is 0 Å². The second kappa shape index (κ2) is 5.56. The van der Waals surface area contributed by atoms with Gasteiger partial charge < -0.3 is 10.7 Å². The van der Waals surface area contributed by atoms with Gasteiger partial charge in [-0.15, -0.1) is 0 Å². The van der Waals surface area contributed by atoms with Gasteiger partial charge in [0.25, 0.3) is 0 Å². The molecule has 6 nitrogen and oxygen atoms in total. The average Bonchev–Trinajstić information content (AvgIpc) is 2.97. The van der Waals surface area contributed by atoms with Gasteiger partial charge in [-0.05, 0) is 18.6 Å². The zero-order valence-corrected chi connectivity index (χ0v) is 11.8. The van der Waals surface area contributed by atoms with Crippen LogP contribution >= 0.6 is 11.8 Å². The molecule has 3 rings (SSSR count). The lowest BCUT2D eigenvalue weighted by molar-refractivity contribution is 0.674. The molecular weight excluding hydrogens is 272 g/mol. The number of nitrogens with zero attached hydrogens (tertiary/aromatic N) is 4. The van der Waals surface area contributed by atoms with E-state index in [1.165, 1.54) is 18.1 Å². The minimum atomic E-state index is -0.00702. The zero-order chi connectivity index (χ0) is 13.9. The quantitative estimate of drug-likeness (QED) is 0.715. The van der Waals surface area contributed by atoms with Gasteiger partial charge in [-0.2, -0.15) is 0 Å². The summed E-state index contributed by atoms with van der Waals surface area (Å²) in [6, 6.07) is 3.96. The van der Waals surface area contributed by atoms with Crippen molar-refractivity contribution in [3.05, 3.63) is 36.7 Å². The highest BCUT2D eigenvalue weighted by Crippen LogP contribution is 2.29. The van der Waals surface area contributed by atoms with Crippen LogP contribution in [0.25, 0.3) is 11.2 Å². The van der Waals surface area contributed by atoms with Gasteiger partial charge in [0.1, 0.15) is 16.9 Å². The summed E-state index contributed by atoms with van der Waals surface area (Å²) < 4.78 is 0. The van der Waals surface area contributed by atoms with E-state index >= 15 is 0 Å². The summed E-state index contributed by atoms with van der Waals surface area (Å²) in [5.74, 6) is 0. The summed E-state index contributed by atoms with van der Waals surface area (Å²) in [7, 11) is 0. The molecule has 102 valence electrons. The van der Waals surface area contributed by atoms with Crippen molar-refractivity contribution in [2.75, 3.05) is 0 Å². The van der Waals surface area contributed by atoms with Crippen molar-refractivity contribution >= 4 is 22.9 Å². The highest BCUT2D eigenvalue weighted by Gasteiger charge is 2.09. The Balaban J connectivity index is 1.86. The fourth-order valence-corrected chi connectivity index (χ4v) is 2.63. The van der Waals surface area contributed by atoms with Gasteiger partial charge in [0.05, 0.1) is 12.0 Å². The van der Waals surface area contributed by atoms with Crippen molar-refractivity contribution in [3.8, 4) is 0 Å². The van der Waals surface area contributed by atoms with E-state index in [2.05, 4.69) is 24.9 Å². The van der Waals surface area contributed by atoms with Crippen LogP contribution in [-0.2, 0) is 0 Å². The van der Waals surface area contributed by atoms with Gasteiger partial charge in [0.15, 0.2) is 5.65 Å². The third-order valence-corrected chi connectivity index (χ3v) is 3.96. The number of nitrogens with one attached hydrogen (secondary N) is 1. The molecule has 0 aliphatic heterocycles. The smallest absolute Gasteiger partial charge is 0.181 e. The number of hydrogen-bond donors (Lipinski definition) is 2. The monoisotopic (exact) mass is 286 g/mol. The van der Waals surface area contributed by atoms with Crippen LogP contribution in [0.2, 0.25) is 0 Å². The van der Waals surface area contributed by atoms with Crippen LogP contribution in [0.15, 0.2) is 40.9 Å². The molecule has 0 fully saturated rings. The van der Waals surface area contributed by atoms with E-state index in [1.807, 2.05) is 25.3 Å². The molecule has 0 aromatic carbocycles. The van der Waals surface area contributed by atoms with Gasteiger partial charge in [-0.25, -0.2) is 15.0 Å². The largest absolute Gasteiger partial charge is 0.341 e. The van der Waals surface area contributed by atoms with Gasteiger partial charge in [0.2, 0.25) is 0 Å². The van der Waals surface area contributed by atoms with Crippen LogP contribution in [-0.4, -0.2) is 24.9 Å². The Labute approximate surface area is 120 Å². The predicted molar refractivity (Wildman–Crippen MR) is 77.3 cm³/mol.